The van der Waals surface area contributed by atoms with E-state index in [9.17, 15) is 4.79 Å². The third-order valence-electron chi connectivity index (χ3n) is 7.17. The number of terminal acetylenes is 1. The van der Waals surface area contributed by atoms with Crippen molar-refractivity contribution in [1.82, 2.24) is 24.4 Å². The van der Waals surface area contributed by atoms with Gasteiger partial charge in [0.25, 0.3) is 0 Å². The van der Waals surface area contributed by atoms with Crippen LogP contribution in [0.25, 0.3) is 27.9 Å². The van der Waals surface area contributed by atoms with Crippen LogP contribution in [0.2, 0.25) is 0 Å². The van der Waals surface area contributed by atoms with E-state index in [-0.39, 0.29) is 5.92 Å². The molecule has 1 saturated heterocycles. The van der Waals surface area contributed by atoms with E-state index in [4.69, 9.17) is 6.42 Å². The second-order valence-electron chi connectivity index (χ2n) is 9.20. The number of rotatable bonds is 3. The number of hydrogen-bond acceptors (Lipinski definition) is 4. The van der Waals surface area contributed by atoms with Crippen LogP contribution in [0.15, 0.2) is 24.7 Å². The Kier molecular flexibility index (Phi) is 5.49. The minimum Gasteiger partial charge on any atom is -0.342 e. The Morgan fingerprint density at radius 3 is 2.64 bits per heavy atom. The molecule has 33 heavy (non-hydrogen) atoms. The maximum absolute atomic E-state index is 13.0. The van der Waals surface area contributed by atoms with E-state index < -0.39 is 0 Å². The van der Waals surface area contributed by atoms with Crippen LogP contribution >= 0.6 is 0 Å². The van der Waals surface area contributed by atoms with Gasteiger partial charge in [-0.15, -0.1) is 6.42 Å². The standard InChI is InChI=1S/C27H29N5O/c1-5-21-14-17(2)22(15-28-21)25-24(23-18(3)29-16-30-26(23)31(25)4)19-8-10-20(11-9-19)27(33)32-12-6-7-13-32/h1,8,14-16,20H,6-7,9-13H2,2-4H3/t20-/m0/s1. The van der Waals surface area contributed by atoms with Crippen molar-refractivity contribution in [2.45, 2.75) is 46.0 Å². The molecule has 1 aliphatic heterocycles. The third kappa shape index (κ3) is 3.62. The molecule has 6 nitrogen and oxygen atoms in total. The topological polar surface area (TPSA) is 63.9 Å². The van der Waals surface area contributed by atoms with Crippen LogP contribution in [0, 0.1) is 32.1 Å². The molecule has 0 radical (unpaired) electrons. The van der Waals surface area contributed by atoms with Gasteiger partial charge in [-0.2, -0.15) is 0 Å². The number of nitrogens with zero attached hydrogens (tertiary/aromatic N) is 5. The number of carbonyl (C=O) groups excluding carboxylic acids is 1. The first-order chi connectivity index (χ1) is 16.0. The van der Waals surface area contributed by atoms with Crippen molar-refractivity contribution in [2.24, 2.45) is 13.0 Å². The molecule has 3 aromatic rings. The van der Waals surface area contributed by atoms with Gasteiger partial charge < -0.3 is 9.47 Å². The van der Waals surface area contributed by atoms with Crippen LogP contribution in [0.1, 0.15) is 54.6 Å². The lowest BCUT2D eigenvalue weighted by atomic mass is 9.84. The number of carbonyl (C=O) groups is 1. The van der Waals surface area contributed by atoms with E-state index >= 15 is 0 Å². The fourth-order valence-electron chi connectivity index (χ4n) is 5.39. The maximum atomic E-state index is 13.0. The Balaban J connectivity index is 1.62. The highest BCUT2D eigenvalue weighted by Crippen LogP contribution is 2.43. The summed E-state index contributed by atoms with van der Waals surface area (Å²) in [5, 5.41) is 1.07. The Morgan fingerprint density at radius 1 is 1.18 bits per heavy atom. The van der Waals surface area contributed by atoms with Gasteiger partial charge in [0.1, 0.15) is 17.7 Å². The second kappa shape index (κ2) is 8.47. The number of pyridine rings is 1. The fourth-order valence-corrected chi connectivity index (χ4v) is 5.39. The summed E-state index contributed by atoms with van der Waals surface area (Å²) in [6, 6.07) is 1.95. The fraction of sp³-hybridized carbons (Fsp3) is 0.407. The zero-order valence-corrected chi connectivity index (χ0v) is 19.6. The minimum absolute atomic E-state index is 0.0842. The van der Waals surface area contributed by atoms with Crippen LogP contribution in [0.4, 0.5) is 0 Å². The summed E-state index contributed by atoms with van der Waals surface area (Å²) in [6.07, 6.45) is 16.1. The molecule has 3 aromatic heterocycles. The lowest BCUT2D eigenvalue weighted by molar-refractivity contribution is -0.134. The molecule has 0 unspecified atom stereocenters. The van der Waals surface area contributed by atoms with Gasteiger partial charge in [-0.3, -0.25) is 4.79 Å². The highest BCUT2D eigenvalue weighted by atomic mass is 16.2. The van der Waals surface area contributed by atoms with Gasteiger partial charge in [0, 0.05) is 48.8 Å². The van der Waals surface area contributed by atoms with Crippen molar-refractivity contribution >= 4 is 22.5 Å². The molecule has 1 atom stereocenters. The lowest BCUT2D eigenvalue weighted by Crippen LogP contribution is -2.34. The van der Waals surface area contributed by atoms with Crippen molar-refractivity contribution in [1.29, 1.82) is 0 Å². The van der Waals surface area contributed by atoms with Crippen molar-refractivity contribution in [3.8, 4) is 23.6 Å². The number of hydrogen-bond donors (Lipinski definition) is 0. The summed E-state index contributed by atoms with van der Waals surface area (Å²) < 4.78 is 2.14. The predicted molar refractivity (Wildman–Crippen MR) is 130 cm³/mol. The molecule has 5 rings (SSSR count). The van der Waals surface area contributed by atoms with Crippen LogP contribution in [0.5, 0.6) is 0 Å². The summed E-state index contributed by atoms with van der Waals surface area (Å²) in [7, 11) is 2.05. The molecule has 1 fully saturated rings. The number of amides is 1. The number of aromatic nitrogens is 4. The molecule has 168 valence electrons. The molecule has 1 amide bonds. The normalized spacial score (nSPS) is 18.4. The van der Waals surface area contributed by atoms with E-state index in [0.29, 0.717) is 11.6 Å². The van der Waals surface area contributed by atoms with Crippen molar-refractivity contribution in [3.63, 3.8) is 0 Å². The average molecular weight is 440 g/mol. The minimum atomic E-state index is 0.0842. The van der Waals surface area contributed by atoms with E-state index in [0.717, 1.165) is 84.3 Å². The highest BCUT2D eigenvalue weighted by Gasteiger charge is 2.30. The largest absolute Gasteiger partial charge is 0.342 e. The van der Waals surface area contributed by atoms with Crippen LogP contribution in [-0.4, -0.2) is 43.4 Å². The van der Waals surface area contributed by atoms with Gasteiger partial charge in [0.05, 0.1) is 11.4 Å². The molecular formula is C27H29N5O. The second-order valence-corrected chi connectivity index (χ2v) is 9.20. The van der Waals surface area contributed by atoms with E-state index in [1.165, 1.54) is 5.57 Å². The first-order valence-electron chi connectivity index (χ1n) is 11.7. The van der Waals surface area contributed by atoms with Gasteiger partial charge in [-0.25, -0.2) is 15.0 Å². The smallest absolute Gasteiger partial charge is 0.226 e. The van der Waals surface area contributed by atoms with Gasteiger partial charge in [0.15, 0.2) is 0 Å². The molecule has 2 aliphatic rings. The van der Waals surface area contributed by atoms with Crippen LogP contribution < -0.4 is 0 Å². The Bertz CT molecular complexity index is 1320. The van der Waals surface area contributed by atoms with Crippen LogP contribution in [-0.2, 0) is 11.8 Å². The number of likely N-dealkylation sites (tertiary alicyclic amines) is 1. The zero-order valence-electron chi connectivity index (χ0n) is 19.6. The van der Waals surface area contributed by atoms with E-state index in [1.807, 2.05) is 31.1 Å². The number of allylic oxidation sites excluding steroid dienone is 2. The molecule has 0 saturated carbocycles. The van der Waals surface area contributed by atoms with Crippen molar-refractivity contribution in [2.75, 3.05) is 13.1 Å². The highest BCUT2D eigenvalue weighted by molar-refractivity contribution is 6.01. The van der Waals surface area contributed by atoms with Gasteiger partial charge in [-0.1, -0.05) is 12.0 Å². The van der Waals surface area contributed by atoms with Crippen molar-refractivity contribution < 1.29 is 4.79 Å². The number of aryl methyl sites for hydroxylation is 3. The molecule has 0 bridgehead atoms. The van der Waals surface area contributed by atoms with Crippen LogP contribution in [0.3, 0.4) is 0 Å². The average Bonchev–Trinajstić information content (AvgIpc) is 3.47. The van der Waals surface area contributed by atoms with E-state index in [1.54, 1.807) is 6.33 Å². The lowest BCUT2D eigenvalue weighted by Gasteiger charge is -2.26. The molecular weight excluding hydrogens is 410 g/mol. The Hall–Kier alpha value is -3.46. The summed E-state index contributed by atoms with van der Waals surface area (Å²) >= 11 is 0. The maximum Gasteiger partial charge on any atom is 0.226 e. The van der Waals surface area contributed by atoms with Crippen molar-refractivity contribution in [3.05, 3.63) is 47.2 Å². The first kappa shape index (κ1) is 21.4. The molecule has 1 aliphatic carbocycles. The Morgan fingerprint density at radius 2 is 1.97 bits per heavy atom. The SMILES string of the molecule is C#Cc1cc(C)c(-c2c(C3=CC[C@H](C(=O)N4CCCC4)CC3)c3c(C)ncnc3n2C)cn1. The molecule has 6 heteroatoms. The Labute approximate surface area is 194 Å². The molecule has 0 N–H and O–H groups in total. The summed E-state index contributed by atoms with van der Waals surface area (Å²) in [5.41, 5.74) is 8.12. The monoisotopic (exact) mass is 439 g/mol. The molecule has 0 spiro atoms. The zero-order chi connectivity index (χ0) is 23.1. The van der Waals surface area contributed by atoms with Gasteiger partial charge in [0.2, 0.25) is 5.91 Å². The third-order valence-corrected chi connectivity index (χ3v) is 7.17. The first-order valence-corrected chi connectivity index (χ1v) is 11.7. The predicted octanol–water partition coefficient (Wildman–Crippen LogP) is 4.43. The quantitative estimate of drug-likeness (QED) is 0.566. The number of fused-ring (bicyclic) bond motifs is 1. The summed E-state index contributed by atoms with van der Waals surface area (Å²) in [6.45, 7) is 5.93. The van der Waals surface area contributed by atoms with Gasteiger partial charge in [-0.05, 0) is 63.2 Å². The van der Waals surface area contributed by atoms with Gasteiger partial charge >= 0.3 is 0 Å². The molecule has 4 heterocycles. The van der Waals surface area contributed by atoms with E-state index in [2.05, 4.69) is 38.4 Å². The summed E-state index contributed by atoms with van der Waals surface area (Å²) in [5.74, 6) is 3.03. The molecule has 0 aromatic carbocycles. The summed E-state index contributed by atoms with van der Waals surface area (Å²) in [4.78, 5) is 28.6.